The zero-order valence-electron chi connectivity index (χ0n) is 21.1. The Labute approximate surface area is 222 Å². The largest absolute Gasteiger partial charge is 0.493 e. The first kappa shape index (κ1) is 26.3. The minimum atomic E-state index is -0.0361. The van der Waals surface area contributed by atoms with Gasteiger partial charge in [-0.25, -0.2) is 4.98 Å². The SMILES string of the molecule is COCn1c(-c2ccccc2)c(/C=C/C(=O)N2CCc3cc(OC)c(OC)cc3C2)c2cccnc21.Cl. The van der Waals surface area contributed by atoms with Gasteiger partial charge in [0.2, 0.25) is 5.91 Å². The van der Waals surface area contributed by atoms with Gasteiger partial charge in [-0.05, 0) is 53.5 Å². The minimum Gasteiger partial charge on any atom is -0.493 e. The van der Waals surface area contributed by atoms with E-state index in [0.717, 1.165) is 39.8 Å². The summed E-state index contributed by atoms with van der Waals surface area (Å²) in [5.41, 5.74) is 6.02. The van der Waals surface area contributed by atoms with Crippen LogP contribution in [0.4, 0.5) is 0 Å². The van der Waals surface area contributed by atoms with E-state index in [1.54, 1.807) is 33.6 Å². The van der Waals surface area contributed by atoms with Gasteiger partial charge >= 0.3 is 0 Å². The van der Waals surface area contributed by atoms with Crippen LogP contribution >= 0.6 is 12.4 Å². The zero-order chi connectivity index (χ0) is 25.1. The van der Waals surface area contributed by atoms with E-state index in [1.807, 2.05) is 58.0 Å². The van der Waals surface area contributed by atoms with Gasteiger partial charge in [0.25, 0.3) is 0 Å². The summed E-state index contributed by atoms with van der Waals surface area (Å²) in [7, 11) is 4.93. The number of ether oxygens (including phenoxy) is 3. The van der Waals surface area contributed by atoms with E-state index < -0.39 is 0 Å². The maximum Gasteiger partial charge on any atom is 0.246 e. The van der Waals surface area contributed by atoms with Crippen LogP contribution in [0.1, 0.15) is 16.7 Å². The fraction of sp³-hybridized carbons (Fsp3) is 0.241. The number of carbonyl (C=O) groups is 1. The molecule has 8 heteroatoms. The normalized spacial score (nSPS) is 12.9. The van der Waals surface area contributed by atoms with Crippen molar-refractivity contribution in [1.29, 1.82) is 0 Å². The Morgan fingerprint density at radius 2 is 1.73 bits per heavy atom. The van der Waals surface area contributed by atoms with Gasteiger partial charge in [0, 0.05) is 43.4 Å². The van der Waals surface area contributed by atoms with Crippen LogP contribution in [0.3, 0.4) is 0 Å². The summed E-state index contributed by atoms with van der Waals surface area (Å²) in [6.45, 7) is 1.52. The monoisotopic (exact) mass is 519 g/mol. The fourth-order valence-corrected chi connectivity index (χ4v) is 4.86. The van der Waals surface area contributed by atoms with Crippen molar-refractivity contribution in [1.82, 2.24) is 14.5 Å². The maximum atomic E-state index is 13.3. The Bertz CT molecular complexity index is 1430. The molecule has 1 aliphatic heterocycles. The summed E-state index contributed by atoms with van der Waals surface area (Å²) in [5, 5.41) is 0.971. The molecular formula is C29H30ClN3O4. The molecule has 5 rings (SSSR count). The molecule has 0 fully saturated rings. The predicted octanol–water partition coefficient (Wildman–Crippen LogP) is 5.34. The molecule has 2 aromatic heterocycles. The average Bonchev–Trinajstić information content (AvgIpc) is 3.24. The van der Waals surface area contributed by atoms with Crippen LogP contribution in [-0.2, 0) is 29.2 Å². The molecule has 0 spiro atoms. The number of methoxy groups -OCH3 is 3. The molecule has 192 valence electrons. The molecule has 0 saturated heterocycles. The third-order valence-corrected chi connectivity index (χ3v) is 6.59. The number of hydrogen-bond donors (Lipinski definition) is 0. The highest BCUT2D eigenvalue weighted by Gasteiger charge is 2.23. The van der Waals surface area contributed by atoms with Crippen molar-refractivity contribution in [2.45, 2.75) is 19.7 Å². The number of amides is 1. The molecule has 4 aromatic rings. The minimum absolute atomic E-state index is 0. The lowest BCUT2D eigenvalue weighted by molar-refractivity contribution is -0.126. The van der Waals surface area contributed by atoms with E-state index in [9.17, 15) is 4.79 Å². The second-order valence-electron chi connectivity index (χ2n) is 8.67. The van der Waals surface area contributed by atoms with Crippen LogP contribution in [0, 0.1) is 0 Å². The molecule has 3 heterocycles. The molecule has 0 bridgehead atoms. The highest BCUT2D eigenvalue weighted by molar-refractivity contribution is 6.00. The highest BCUT2D eigenvalue weighted by atomic mass is 35.5. The summed E-state index contributed by atoms with van der Waals surface area (Å²) in [5.74, 6) is 1.35. The summed E-state index contributed by atoms with van der Waals surface area (Å²) in [4.78, 5) is 19.8. The van der Waals surface area contributed by atoms with E-state index >= 15 is 0 Å². The van der Waals surface area contributed by atoms with Crippen molar-refractivity contribution in [2.75, 3.05) is 27.9 Å². The average molecular weight is 520 g/mol. The third-order valence-electron chi connectivity index (χ3n) is 6.59. The van der Waals surface area contributed by atoms with E-state index in [2.05, 4.69) is 17.1 Å². The maximum absolute atomic E-state index is 13.3. The molecule has 2 aromatic carbocycles. The Morgan fingerprint density at radius 1 is 1.00 bits per heavy atom. The molecule has 0 radical (unpaired) electrons. The van der Waals surface area contributed by atoms with Gasteiger partial charge in [-0.2, -0.15) is 0 Å². The lowest BCUT2D eigenvalue weighted by Crippen LogP contribution is -2.34. The van der Waals surface area contributed by atoms with Crippen molar-refractivity contribution >= 4 is 35.4 Å². The number of pyridine rings is 1. The second kappa shape index (κ2) is 11.5. The molecular weight excluding hydrogens is 490 g/mol. The molecule has 0 unspecified atom stereocenters. The fourth-order valence-electron chi connectivity index (χ4n) is 4.86. The van der Waals surface area contributed by atoms with Crippen molar-refractivity contribution < 1.29 is 19.0 Å². The molecule has 1 amide bonds. The van der Waals surface area contributed by atoms with Crippen molar-refractivity contribution in [3.63, 3.8) is 0 Å². The molecule has 1 aliphatic rings. The zero-order valence-corrected chi connectivity index (χ0v) is 22.0. The van der Waals surface area contributed by atoms with Crippen molar-refractivity contribution in [3.8, 4) is 22.8 Å². The summed E-state index contributed by atoms with van der Waals surface area (Å²) in [6, 6.07) is 18.0. The molecule has 0 aliphatic carbocycles. The van der Waals surface area contributed by atoms with Crippen molar-refractivity contribution in [3.05, 3.63) is 83.6 Å². The van der Waals surface area contributed by atoms with Crippen LogP contribution in [-0.4, -0.2) is 48.2 Å². The molecule has 7 nitrogen and oxygen atoms in total. The Balaban J connectivity index is 0.00000320. The quantitative estimate of drug-likeness (QED) is 0.308. The molecule has 0 N–H and O–H groups in total. The highest BCUT2D eigenvalue weighted by Crippen LogP contribution is 2.35. The van der Waals surface area contributed by atoms with Gasteiger partial charge < -0.3 is 23.7 Å². The Kier molecular flexibility index (Phi) is 8.16. The van der Waals surface area contributed by atoms with Crippen LogP contribution in [0.25, 0.3) is 28.4 Å². The van der Waals surface area contributed by atoms with Gasteiger partial charge in [0.1, 0.15) is 12.4 Å². The summed E-state index contributed by atoms with van der Waals surface area (Å²) in [6.07, 6.45) is 6.11. The van der Waals surface area contributed by atoms with Gasteiger partial charge in [-0.1, -0.05) is 30.3 Å². The first-order chi connectivity index (χ1) is 17.6. The van der Waals surface area contributed by atoms with Crippen LogP contribution in [0.15, 0.2) is 66.9 Å². The summed E-state index contributed by atoms with van der Waals surface area (Å²) >= 11 is 0. The number of benzene rings is 2. The number of nitrogens with zero attached hydrogens (tertiary/aromatic N) is 3. The number of rotatable bonds is 7. The Morgan fingerprint density at radius 3 is 2.43 bits per heavy atom. The third kappa shape index (κ3) is 5.05. The first-order valence-electron chi connectivity index (χ1n) is 11.9. The topological polar surface area (TPSA) is 65.8 Å². The predicted molar refractivity (Wildman–Crippen MR) is 147 cm³/mol. The lowest BCUT2D eigenvalue weighted by Gasteiger charge is -2.28. The number of carbonyl (C=O) groups excluding carboxylic acids is 1. The van der Waals surface area contributed by atoms with E-state index in [-0.39, 0.29) is 18.3 Å². The van der Waals surface area contributed by atoms with Gasteiger partial charge in [0.05, 0.1) is 19.9 Å². The molecule has 0 atom stereocenters. The summed E-state index contributed by atoms with van der Waals surface area (Å²) < 4.78 is 18.4. The lowest BCUT2D eigenvalue weighted by atomic mass is 9.98. The van der Waals surface area contributed by atoms with E-state index in [1.165, 1.54) is 5.56 Å². The Hall–Kier alpha value is -3.81. The molecule has 0 saturated carbocycles. The van der Waals surface area contributed by atoms with Crippen LogP contribution in [0.2, 0.25) is 0 Å². The first-order valence-corrected chi connectivity index (χ1v) is 11.9. The number of halogens is 1. The van der Waals surface area contributed by atoms with Gasteiger partial charge in [-0.15, -0.1) is 12.4 Å². The van der Waals surface area contributed by atoms with Gasteiger partial charge in [-0.3, -0.25) is 4.79 Å². The van der Waals surface area contributed by atoms with E-state index in [4.69, 9.17) is 14.2 Å². The smallest absolute Gasteiger partial charge is 0.246 e. The second-order valence-corrected chi connectivity index (χ2v) is 8.67. The number of hydrogen-bond acceptors (Lipinski definition) is 5. The number of aromatic nitrogens is 2. The van der Waals surface area contributed by atoms with Crippen LogP contribution < -0.4 is 9.47 Å². The molecule has 37 heavy (non-hydrogen) atoms. The number of fused-ring (bicyclic) bond motifs is 2. The van der Waals surface area contributed by atoms with Crippen molar-refractivity contribution in [2.24, 2.45) is 0 Å². The van der Waals surface area contributed by atoms with Gasteiger partial charge in [0.15, 0.2) is 11.5 Å². The van der Waals surface area contributed by atoms with E-state index in [0.29, 0.717) is 31.3 Å². The standard InChI is InChI=1S/C29H29N3O4.ClH/c1-34-19-32-28(20-8-5-4-6-9-20)23(24-10-7-14-30-29(24)32)11-12-27(33)31-15-13-21-16-25(35-2)26(36-3)17-22(21)18-31;/h4-12,14,16-17H,13,15,18-19H2,1-3H3;1H/b12-11+;. The van der Waals surface area contributed by atoms with Crippen LogP contribution in [0.5, 0.6) is 11.5 Å².